The standard InChI is InChI=1S/C22H20F2N4O2/c1-2-3-11-27-20-18(21(29)26-22(27)30)28(13-14-7-5-4-6-8-14)19(25-20)15-9-10-16(23)17(24)12-15/h4-10,12H,2-3,11,13H2,1H3,(H,26,29,30). The van der Waals surface area contributed by atoms with Crippen molar-refractivity contribution in [1.29, 1.82) is 0 Å². The first-order valence-corrected chi connectivity index (χ1v) is 9.72. The third-order valence-corrected chi connectivity index (χ3v) is 4.98. The Hall–Kier alpha value is -3.55. The van der Waals surface area contributed by atoms with Crippen molar-refractivity contribution in [3.8, 4) is 11.4 Å². The fourth-order valence-electron chi connectivity index (χ4n) is 3.47. The van der Waals surface area contributed by atoms with E-state index in [0.29, 0.717) is 12.1 Å². The molecule has 154 valence electrons. The first-order chi connectivity index (χ1) is 14.5. The molecule has 0 fully saturated rings. The van der Waals surface area contributed by atoms with Crippen molar-refractivity contribution in [2.24, 2.45) is 0 Å². The summed E-state index contributed by atoms with van der Waals surface area (Å²) in [7, 11) is 0. The van der Waals surface area contributed by atoms with E-state index in [1.807, 2.05) is 37.3 Å². The number of halogens is 2. The molecule has 0 unspecified atom stereocenters. The highest BCUT2D eigenvalue weighted by atomic mass is 19.2. The summed E-state index contributed by atoms with van der Waals surface area (Å²) in [5, 5.41) is 0. The molecule has 0 aliphatic rings. The molecule has 1 N–H and O–H groups in total. The smallest absolute Gasteiger partial charge is 0.314 e. The molecule has 2 aromatic carbocycles. The predicted octanol–water partition coefficient (Wildman–Crippen LogP) is 3.68. The van der Waals surface area contributed by atoms with Crippen molar-refractivity contribution >= 4 is 11.2 Å². The highest BCUT2D eigenvalue weighted by Crippen LogP contribution is 2.25. The van der Waals surface area contributed by atoms with Crippen molar-refractivity contribution in [1.82, 2.24) is 19.1 Å². The first kappa shape index (κ1) is 19.8. The topological polar surface area (TPSA) is 72.7 Å². The predicted molar refractivity (Wildman–Crippen MR) is 110 cm³/mol. The number of nitrogens with zero attached hydrogens (tertiary/aromatic N) is 3. The van der Waals surface area contributed by atoms with Crippen LogP contribution in [0.1, 0.15) is 25.3 Å². The van der Waals surface area contributed by atoms with Gasteiger partial charge in [0.1, 0.15) is 5.82 Å². The van der Waals surface area contributed by atoms with Gasteiger partial charge in [0.25, 0.3) is 5.56 Å². The number of aromatic amines is 1. The number of hydrogen-bond acceptors (Lipinski definition) is 3. The van der Waals surface area contributed by atoms with Gasteiger partial charge >= 0.3 is 5.69 Å². The maximum Gasteiger partial charge on any atom is 0.330 e. The Kier molecular flexibility index (Phi) is 5.31. The lowest BCUT2D eigenvalue weighted by molar-refractivity contribution is 0.509. The summed E-state index contributed by atoms with van der Waals surface area (Å²) < 4.78 is 30.5. The van der Waals surface area contributed by atoms with Gasteiger partial charge in [0.05, 0.1) is 0 Å². The van der Waals surface area contributed by atoms with E-state index in [0.717, 1.165) is 30.5 Å². The summed E-state index contributed by atoms with van der Waals surface area (Å²) in [5.41, 5.74) is 0.547. The Morgan fingerprint density at radius 2 is 1.77 bits per heavy atom. The van der Waals surface area contributed by atoms with Crippen molar-refractivity contribution in [2.75, 3.05) is 0 Å². The van der Waals surface area contributed by atoms with Crippen LogP contribution in [0.4, 0.5) is 8.78 Å². The molecular formula is C22H20F2N4O2. The molecule has 30 heavy (non-hydrogen) atoms. The fourth-order valence-corrected chi connectivity index (χ4v) is 3.47. The van der Waals surface area contributed by atoms with Gasteiger partial charge in [0, 0.05) is 18.7 Å². The van der Waals surface area contributed by atoms with E-state index in [4.69, 9.17) is 0 Å². The molecule has 4 aromatic rings. The average Bonchev–Trinajstić information content (AvgIpc) is 3.10. The summed E-state index contributed by atoms with van der Waals surface area (Å²) >= 11 is 0. The lowest BCUT2D eigenvalue weighted by Crippen LogP contribution is -2.31. The zero-order valence-corrected chi connectivity index (χ0v) is 16.4. The lowest BCUT2D eigenvalue weighted by atomic mass is 10.2. The summed E-state index contributed by atoms with van der Waals surface area (Å²) in [6.07, 6.45) is 1.58. The largest absolute Gasteiger partial charge is 0.330 e. The van der Waals surface area contributed by atoms with Gasteiger partial charge in [0.15, 0.2) is 22.8 Å². The highest BCUT2D eigenvalue weighted by molar-refractivity contribution is 5.77. The van der Waals surface area contributed by atoms with Crippen molar-refractivity contribution in [3.63, 3.8) is 0 Å². The van der Waals surface area contributed by atoms with Gasteiger partial charge in [0.2, 0.25) is 0 Å². The third kappa shape index (κ3) is 3.56. The van der Waals surface area contributed by atoms with Crippen LogP contribution in [-0.2, 0) is 13.1 Å². The van der Waals surface area contributed by atoms with E-state index in [1.165, 1.54) is 10.6 Å². The van der Waals surface area contributed by atoms with Crippen molar-refractivity contribution in [2.45, 2.75) is 32.9 Å². The quantitative estimate of drug-likeness (QED) is 0.527. The van der Waals surface area contributed by atoms with Crippen LogP contribution in [0.3, 0.4) is 0 Å². The minimum atomic E-state index is -1.01. The Bertz CT molecular complexity index is 1320. The zero-order valence-electron chi connectivity index (χ0n) is 16.4. The molecule has 0 aliphatic heterocycles. The number of aromatic nitrogens is 4. The van der Waals surface area contributed by atoms with E-state index in [1.54, 1.807) is 4.57 Å². The second-order valence-electron chi connectivity index (χ2n) is 7.07. The number of unbranched alkanes of at least 4 members (excludes halogenated alkanes) is 1. The Balaban J connectivity index is 2.02. The van der Waals surface area contributed by atoms with Gasteiger partial charge < -0.3 is 4.57 Å². The van der Waals surface area contributed by atoms with Gasteiger partial charge in [-0.3, -0.25) is 14.3 Å². The van der Waals surface area contributed by atoms with Crippen LogP contribution < -0.4 is 11.2 Å². The Morgan fingerprint density at radius 3 is 2.47 bits per heavy atom. The van der Waals surface area contributed by atoms with Crippen molar-refractivity contribution in [3.05, 3.63) is 86.6 Å². The first-order valence-electron chi connectivity index (χ1n) is 9.72. The SMILES string of the molecule is CCCCn1c(=O)[nH]c(=O)c2c1nc(-c1ccc(F)c(F)c1)n2Cc1ccccc1. The zero-order chi connectivity index (χ0) is 21.3. The van der Waals surface area contributed by atoms with Crippen LogP contribution in [0.2, 0.25) is 0 Å². The number of benzene rings is 2. The molecule has 4 rings (SSSR count). The lowest BCUT2D eigenvalue weighted by Gasteiger charge is -2.10. The molecule has 0 spiro atoms. The van der Waals surface area contributed by atoms with Crippen LogP contribution in [0.5, 0.6) is 0 Å². The molecule has 0 saturated carbocycles. The number of hydrogen-bond donors (Lipinski definition) is 1. The van der Waals surface area contributed by atoms with E-state index in [9.17, 15) is 18.4 Å². The van der Waals surface area contributed by atoms with Gasteiger partial charge in [-0.2, -0.15) is 0 Å². The maximum atomic E-state index is 13.9. The second-order valence-corrected chi connectivity index (χ2v) is 7.07. The van der Waals surface area contributed by atoms with Gasteiger partial charge in [-0.15, -0.1) is 0 Å². The molecule has 2 heterocycles. The summed E-state index contributed by atoms with van der Waals surface area (Å²) in [6, 6.07) is 12.9. The molecule has 0 atom stereocenters. The van der Waals surface area contributed by atoms with Crippen LogP contribution in [-0.4, -0.2) is 19.1 Å². The summed E-state index contributed by atoms with van der Waals surface area (Å²) in [4.78, 5) is 32.1. The normalized spacial score (nSPS) is 11.3. The fraction of sp³-hybridized carbons (Fsp3) is 0.227. The second kappa shape index (κ2) is 8.06. The number of aryl methyl sites for hydroxylation is 1. The number of nitrogens with one attached hydrogen (secondary N) is 1. The monoisotopic (exact) mass is 410 g/mol. The van der Waals surface area contributed by atoms with Gasteiger partial charge in [-0.05, 0) is 30.2 Å². The maximum absolute atomic E-state index is 13.9. The highest BCUT2D eigenvalue weighted by Gasteiger charge is 2.20. The minimum absolute atomic E-state index is 0.217. The van der Waals surface area contributed by atoms with Gasteiger partial charge in [-0.25, -0.2) is 18.6 Å². The number of imidazole rings is 1. The minimum Gasteiger partial charge on any atom is -0.314 e. The van der Waals surface area contributed by atoms with E-state index in [-0.39, 0.29) is 23.5 Å². The van der Waals surface area contributed by atoms with E-state index >= 15 is 0 Å². The molecule has 6 nitrogen and oxygen atoms in total. The van der Waals surface area contributed by atoms with Crippen molar-refractivity contribution < 1.29 is 8.78 Å². The average molecular weight is 410 g/mol. The van der Waals surface area contributed by atoms with Crippen LogP contribution in [0.15, 0.2) is 58.1 Å². The van der Waals surface area contributed by atoms with Crippen LogP contribution in [0.25, 0.3) is 22.6 Å². The van der Waals surface area contributed by atoms with Crippen LogP contribution in [0, 0.1) is 11.6 Å². The molecule has 0 saturated heterocycles. The Morgan fingerprint density at radius 1 is 1.00 bits per heavy atom. The molecular weight excluding hydrogens is 390 g/mol. The van der Waals surface area contributed by atoms with Crippen LogP contribution >= 0.6 is 0 Å². The Labute approximate surface area is 170 Å². The van der Waals surface area contributed by atoms with E-state index in [2.05, 4.69) is 9.97 Å². The molecule has 0 radical (unpaired) electrons. The number of H-pyrrole nitrogens is 1. The molecule has 0 amide bonds. The van der Waals surface area contributed by atoms with Gasteiger partial charge in [-0.1, -0.05) is 43.7 Å². The molecule has 0 bridgehead atoms. The third-order valence-electron chi connectivity index (χ3n) is 4.98. The molecule has 0 aliphatic carbocycles. The summed E-state index contributed by atoms with van der Waals surface area (Å²) in [5.74, 6) is -1.70. The molecule has 2 aromatic heterocycles. The molecule has 8 heteroatoms. The number of fused-ring (bicyclic) bond motifs is 1. The number of rotatable bonds is 6. The summed E-state index contributed by atoms with van der Waals surface area (Å²) in [6.45, 7) is 2.66. The van der Waals surface area contributed by atoms with E-state index < -0.39 is 22.9 Å².